The van der Waals surface area contributed by atoms with E-state index < -0.39 is 6.17 Å². The van der Waals surface area contributed by atoms with Gasteiger partial charge in [-0.3, -0.25) is 14.8 Å². The molecule has 1 fully saturated rings. The minimum atomic E-state index is -0.819. The van der Waals surface area contributed by atoms with E-state index in [1.54, 1.807) is 35.5 Å². The molecule has 22 heavy (non-hydrogen) atoms. The standard InChI is InChI=1S/C15H19FN4OS/c1-19(15(21)14-4-5-17-18-14)9-12-7-11(16)8-20(12)10-13-3-2-6-22-13/h2-6,11-12H,7-10H2,1H3,(H,17,18)/t11-,12-/m0/s1. The Morgan fingerprint density at radius 1 is 1.59 bits per heavy atom. The summed E-state index contributed by atoms with van der Waals surface area (Å²) in [6, 6.07) is 5.77. The number of H-pyrrole nitrogens is 1. The van der Waals surface area contributed by atoms with E-state index in [-0.39, 0.29) is 11.9 Å². The summed E-state index contributed by atoms with van der Waals surface area (Å²) in [5.74, 6) is -0.115. The van der Waals surface area contributed by atoms with Gasteiger partial charge in [0.2, 0.25) is 0 Å². The van der Waals surface area contributed by atoms with E-state index in [0.29, 0.717) is 25.2 Å². The van der Waals surface area contributed by atoms with Gasteiger partial charge in [-0.05, 0) is 23.9 Å². The number of likely N-dealkylation sites (tertiary alicyclic amines) is 1. The fourth-order valence-corrected chi connectivity index (χ4v) is 3.62. The van der Waals surface area contributed by atoms with Crippen LogP contribution in [0.3, 0.4) is 0 Å². The topological polar surface area (TPSA) is 52.2 Å². The molecule has 0 aromatic carbocycles. The minimum Gasteiger partial charge on any atom is -0.339 e. The van der Waals surface area contributed by atoms with Crippen molar-refractivity contribution < 1.29 is 9.18 Å². The van der Waals surface area contributed by atoms with Gasteiger partial charge in [0, 0.05) is 43.8 Å². The number of carbonyl (C=O) groups is 1. The predicted octanol–water partition coefficient (Wildman–Crippen LogP) is 2.16. The summed E-state index contributed by atoms with van der Waals surface area (Å²) in [5, 5.41) is 8.49. The van der Waals surface area contributed by atoms with Gasteiger partial charge in [-0.2, -0.15) is 5.10 Å². The molecule has 2 aromatic heterocycles. The molecule has 2 aromatic rings. The second-order valence-corrected chi connectivity index (χ2v) is 6.68. The van der Waals surface area contributed by atoms with Crippen LogP contribution in [-0.4, -0.2) is 58.3 Å². The molecule has 0 bridgehead atoms. The zero-order valence-electron chi connectivity index (χ0n) is 12.4. The Balaban J connectivity index is 1.63. The van der Waals surface area contributed by atoms with E-state index >= 15 is 0 Å². The number of amides is 1. The predicted molar refractivity (Wildman–Crippen MR) is 83.6 cm³/mol. The molecule has 0 spiro atoms. The highest BCUT2D eigenvalue weighted by Gasteiger charge is 2.33. The van der Waals surface area contributed by atoms with E-state index in [4.69, 9.17) is 0 Å². The second kappa shape index (κ2) is 6.58. The van der Waals surface area contributed by atoms with Crippen molar-refractivity contribution in [2.75, 3.05) is 20.1 Å². The molecule has 3 heterocycles. The number of thiophene rings is 1. The monoisotopic (exact) mass is 322 g/mol. The first-order valence-corrected chi connectivity index (χ1v) is 8.17. The molecule has 0 aliphatic carbocycles. The third-order valence-corrected chi connectivity index (χ3v) is 4.84. The Bertz CT molecular complexity index is 601. The number of aromatic nitrogens is 2. The number of aromatic amines is 1. The van der Waals surface area contributed by atoms with Gasteiger partial charge >= 0.3 is 0 Å². The Kier molecular flexibility index (Phi) is 4.54. The van der Waals surface area contributed by atoms with Crippen molar-refractivity contribution in [2.45, 2.75) is 25.2 Å². The lowest BCUT2D eigenvalue weighted by Crippen LogP contribution is -2.40. The average molecular weight is 322 g/mol. The van der Waals surface area contributed by atoms with Gasteiger partial charge in [-0.1, -0.05) is 6.07 Å². The number of rotatable bonds is 5. The number of hydrogen-bond acceptors (Lipinski definition) is 4. The van der Waals surface area contributed by atoms with Gasteiger partial charge in [-0.25, -0.2) is 4.39 Å². The van der Waals surface area contributed by atoms with Crippen LogP contribution in [0.2, 0.25) is 0 Å². The molecule has 0 unspecified atom stereocenters. The summed E-state index contributed by atoms with van der Waals surface area (Å²) < 4.78 is 13.8. The van der Waals surface area contributed by atoms with Crippen molar-refractivity contribution in [3.8, 4) is 0 Å². The highest BCUT2D eigenvalue weighted by Crippen LogP contribution is 2.25. The third kappa shape index (κ3) is 3.36. The van der Waals surface area contributed by atoms with Gasteiger partial charge in [0.05, 0.1) is 0 Å². The van der Waals surface area contributed by atoms with Crippen molar-refractivity contribution in [3.63, 3.8) is 0 Å². The molecule has 0 radical (unpaired) electrons. The van der Waals surface area contributed by atoms with Crippen molar-refractivity contribution in [2.24, 2.45) is 0 Å². The van der Waals surface area contributed by atoms with Crippen LogP contribution >= 0.6 is 11.3 Å². The summed E-state index contributed by atoms with van der Waals surface area (Å²) in [7, 11) is 1.75. The van der Waals surface area contributed by atoms with E-state index in [2.05, 4.69) is 21.2 Å². The van der Waals surface area contributed by atoms with Crippen molar-refractivity contribution in [3.05, 3.63) is 40.3 Å². The maximum absolute atomic E-state index is 13.8. The lowest BCUT2D eigenvalue weighted by atomic mass is 10.2. The molecule has 1 aliphatic heterocycles. The zero-order chi connectivity index (χ0) is 15.5. The normalized spacial score (nSPS) is 22.1. The Morgan fingerprint density at radius 2 is 2.45 bits per heavy atom. The second-order valence-electron chi connectivity index (χ2n) is 5.65. The van der Waals surface area contributed by atoms with E-state index in [1.165, 1.54) is 4.88 Å². The largest absolute Gasteiger partial charge is 0.339 e. The number of carbonyl (C=O) groups excluding carboxylic acids is 1. The number of nitrogens with zero attached hydrogens (tertiary/aromatic N) is 3. The fraction of sp³-hybridized carbons (Fsp3) is 0.467. The highest BCUT2D eigenvalue weighted by molar-refractivity contribution is 7.09. The Morgan fingerprint density at radius 3 is 3.14 bits per heavy atom. The maximum Gasteiger partial charge on any atom is 0.271 e. The Hall–Kier alpha value is -1.73. The molecule has 2 atom stereocenters. The Labute approximate surface area is 132 Å². The molecular weight excluding hydrogens is 303 g/mol. The number of nitrogens with one attached hydrogen (secondary N) is 1. The van der Waals surface area contributed by atoms with Crippen LogP contribution in [0.1, 0.15) is 21.8 Å². The molecule has 3 rings (SSSR count). The smallest absolute Gasteiger partial charge is 0.271 e. The molecule has 1 aliphatic rings. The third-order valence-electron chi connectivity index (χ3n) is 3.98. The van der Waals surface area contributed by atoms with Crippen molar-refractivity contribution >= 4 is 17.2 Å². The van der Waals surface area contributed by atoms with E-state index in [0.717, 1.165) is 6.54 Å². The molecule has 0 saturated carbocycles. The molecule has 7 heteroatoms. The molecule has 5 nitrogen and oxygen atoms in total. The van der Waals surface area contributed by atoms with Crippen LogP contribution in [0.15, 0.2) is 29.8 Å². The quantitative estimate of drug-likeness (QED) is 0.918. The van der Waals surface area contributed by atoms with Crippen LogP contribution in [0.5, 0.6) is 0 Å². The summed E-state index contributed by atoms with van der Waals surface area (Å²) in [6.45, 7) is 1.70. The van der Waals surface area contributed by atoms with Crippen LogP contribution in [0, 0.1) is 0 Å². The van der Waals surface area contributed by atoms with Crippen LogP contribution in [0.25, 0.3) is 0 Å². The number of alkyl halides is 1. The van der Waals surface area contributed by atoms with Gasteiger partial charge in [0.15, 0.2) is 0 Å². The minimum absolute atomic E-state index is 0.0500. The molecular formula is C15H19FN4OS. The lowest BCUT2D eigenvalue weighted by molar-refractivity contribution is 0.0744. The lowest BCUT2D eigenvalue weighted by Gasteiger charge is -2.27. The van der Waals surface area contributed by atoms with E-state index in [1.807, 2.05) is 11.4 Å². The fourth-order valence-electron chi connectivity index (χ4n) is 2.89. The zero-order valence-corrected chi connectivity index (χ0v) is 13.2. The van der Waals surface area contributed by atoms with Crippen molar-refractivity contribution in [1.82, 2.24) is 20.0 Å². The first-order valence-electron chi connectivity index (χ1n) is 7.29. The number of halogens is 1. The van der Waals surface area contributed by atoms with Gasteiger partial charge in [0.1, 0.15) is 11.9 Å². The first kappa shape index (κ1) is 15.2. The van der Waals surface area contributed by atoms with Crippen molar-refractivity contribution in [1.29, 1.82) is 0 Å². The summed E-state index contributed by atoms with van der Waals surface area (Å²) >= 11 is 1.68. The summed E-state index contributed by atoms with van der Waals surface area (Å²) in [5.41, 5.74) is 0.460. The first-order chi connectivity index (χ1) is 10.6. The van der Waals surface area contributed by atoms with Crippen LogP contribution < -0.4 is 0 Å². The molecule has 1 saturated heterocycles. The molecule has 118 valence electrons. The van der Waals surface area contributed by atoms with Crippen LogP contribution in [-0.2, 0) is 6.54 Å². The number of hydrogen-bond donors (Lipinski definition) is 1. The average Bonchev–Trinajstić information content (AvgIpc) is 3.22. The summed E-state index contributed by atoms with van der Waals surface area (Å²) in [4.78, 5) is 17.2. The molecule has 1 N–H and O–H groups in total. The van der Waals surface area contributed by atoms with Crippen LogP contribution in [0.4, 0.5) is 4.39 Å². The SMILES string of the molecule is CN(C[C@@H]1C[C@H](F)CN1Cc1cccs1)C(=O)c1ccn[nH]1. The maximum atomic E-state index is 13.8. The van der Waals surface area contributed by atoms with E-state index in [9.17, 15) is 9.18 Å². The number of likely N-dealkylation sites (N-methyl/N-ethyl adjacent to an activating group) is 1. The summed E-state index contributed by atoms with van der Waals surface area (Å²) in [6.07, 6.45) is 1.21. The van der Waals surface area contributed by atoms with Gasteiger partial charge in [0.25, 0.3) is 5.91 Å². The van der Waals surface area contributed by atoms with Gasteiger partial charge < -0.3 is 4.90 Å². The molecule has 1 amide bonds. The highest BCUT2D eigenvalue weighted by atomic mass is 32.1. The van der Waals surface area contributed by atoms with Gasteiger partial charge in [-0.15, -0.1) is 11.3 Å².